The molecule has 0 saturated heterocycles. The van der Waals surface area contributed by atoms with E-state index in [-0.39, 0.29) is 18.1 Å². The topological polar surface area (TPSA) is 89.4 Å². The molecule has 0 bridgehead atoms. The van der Waals surface area contributed by atoms with Crippen molar-refractivity contribution < 1.29 is 18.0 Å². The number of carbonyl (C=O) groups excluding carboxylic acids is 1. The Bertz CT molecular complexity index is 999. The molecular weight excluding hydrogens is 349 g/mol. The van der Waals surface area contributed by atoms with E-state index in [0.717, 1.165) is 23.5 Å². The minimum absolute atomic E-state index is 0.0677. The second-order valence-electron chi connectivity index (χ2n) is 5.99. The number of anilines is 1. The van der Waals surface area contributed by atoms with Crippen LogP contribution in [0.3, 0.4) is 0 Å². The Morgan fingerprint density at radius 1 is 1.23 bits per heavy atom. The minimum Gasteiger partial charge on any atom is -0.368 e. The molecule has 0 spiro atoms. The lowest BCUT2D eigenvalue weighted by atomic mass is 9.93. The molecule has 1 atom stereocenters. The number of nitrogens with two attached hydrogens (primary N) is 1. The summed E-state index contributed by atoms with van der Waals surface area (Å²) < 4.78 is 40.9. The number of hydrogen-bond donors (Lipinski definition) is 1. The van der Waals surface area contributed by atoms with Gasteiger partial charge in [0.15, 0.2) is 5.69 Å². The van der Waals surface area contributed by atoms with Crippen molar-refractivity contribution in [1.29, 1.82) is 0 Å². The third-order valence-electron chi connectivity index (χ3n) is 4.39. The average molecular weight is 362 g/mol. The van der Waals surface area contributed by atoms with Crippen molar-refractivity contribution in [3.8, 4) is 0 Å². The molecule has 0 fully saturated rings. The Hall–Kier alpha value is -3.17. The summed E-state index contributed by atoms with van der Waals surface area (Å²) in [6, 6.07) is 7.48. The Morgan fingerprint density at radius 3 is 2.65 bits per heavy atom. The summed E-state index contributed by atoms with van der Waals surface area (Å²) in [4.78, 5) is 20.8. The lowest BCUT2D eigenvalue weighted by Gasteiger charge is -2.36. The first-order valence-electron chi connectivity index (χ1n) is 7.75. The van der Waals surface area contributed by atoms with E-state index in [1.165, 1.54) is 9.42 Å². The monoisotopic (exact) mass is 362 g/mol. The van der Waals surface area contributed by atoms with Crippen LogP contribution >= 0.6 is 0 Å². The van der Waals surface area contributed by atoms with Crippen LogP contribution in [0.1, 0.15) is 16.8 Å². The number of hydrogen-bond acceptors (Lipinski definition) is 5. The van der Waals surface area contributed by atoms with Crippen LogP contribution in [0.2, 0.25) is 0 Å². The summed E-state index contributed by atoms with van der Waals surface area (Å²) in [7, 11) is 0. The van der Waals surface area contributed by atoms with Crippen molar-refractivity contribution in [2.24, 2.45) is 5.73 Å². The summed E-state index contributed by atoms with van der Waals surface area (Å²) >= 11 is 0. The first kappa shape index (κ1) is 16.3. The molecule has 1 aliphatic heterocycles. The second-order valence-corrected chi connectivity index (χ2v) is 5.99. The van der Waals surface area contributed by atoms with Crippen molar-refractivity contribution >= 4 is 17.5 Å². The predicted molar refractivity (Wildman–Crippen MR) is 85.1 cm³/mol. The van der Waals surface area contributed by atoms with E-state index in [1.807, 2.05) is 24.3 Å². The third kappa shape index (κ3) is 2.63. The van der Waals surface area contributed by atoms with Gasteiger partial charge in [0.25, 0.3) is 5.78 Å². The lowest BCUT2D eigenvalue weighted by molar-refractivity contribution is -0.141. The summed E-state index contributed by atoms with van der Waals surface area (Å²) in [6.07, 6.45) is -3.24. The second kappa shape index (κ2) is 5.68. The number of fused-ring (bicyclic) bond motifs is 2. The van der Waals surface area contributed by atoms with Crippen molar-refractivity contribution in [2.45, 2.75) is 25.2 Å². The van der Waals surface area contributed by atoms with Crippen LogP contribution in [0, 0.1) is 0 Å². The molecule has 7 nitrogen and oxygen atoms in total. The molecular formula is C16H13F3N6O. The first-order valence-corrected chi connectivity index (χ1v) is 7.75. The number of nitrogens with zero attached hydrogens (tertiary/aromatic N) is 5. The van der Waals surface area contributed by atoms with Gasteiger partial charge in [-0.2, -0.15) is 27.8 Å². The highest BCUT2D eigenvalue weighted by Gasteiger charge is 2.37. The maximum absolute atomic E-state index is 13.2. The SMILES string of the molecule is NC(=O)[C@@H]1Cc2ccccc2CN1c1cc(C(F)(F)F)nc2ncnn12. The number of aromatic nitrogens is 4. The van der Waals surface area contributed by atoms with Crippen molar-refractivity contribution in [1.82, 2.24) is 19.6 Å². The Labute approximate surface area is 145 Å². The van der Waals surface area contributed by atoms with Gasteiger partial charge in [0, 0.05) is 19.0 Å². The third-order valence-corrected chi connectivity index (χ3v) is 4.39. The zero-order valence-corrected chi connectivity index (χ0v) is 13.3. The van der Waals surface area contributed by atoms with Crippen LogP contribution in [0.15, 0.2) is 36.7 Å². The molecule has 3 heterocycles. The van der Waals surface area contributed by atoms with Gasteiger partial charge in [0.2, 0.25) is 5.91 Å². The van der Waals surface area contributed by atoms with Gasteiger partial charge in [-0.15, -0.1) is 0 Å². The Kier molecular flexibility index (Phi) is 3.56. The molecule has 0 aliphatic carbocycles. The number of primary amides is 1. The van der Waals surface area contributed by atoms with E-state index < -0.39 is 23.8 Å². The van der Waals surface area contributed by atoms with Crippen LogP contribution < -0.4 is 10.6 Å². The van der Waals surface area contributed by atoms with Gasteiger partial charge in [-0.05, 0) is 11.1 Å². The average Bonchev–Trinajstić information content (AvgIpc) is 3.07. The molecule has 1 aliphatic rings. The van der Waals surface area contributed by atoms with E-state index in [4.69, 9.17) is 5.73 Å². The van der Waals surface area contributed by atoms with E-state index in [2.05, 4.69) is 15.1 Å². The molecule has 2 aromatic heterocycles. The van der Waals surface area contributed by atoms with E-state index in [1.54, 1.807) is 0 Å². The molecule has 3 aromatic rings. The van der Waals surface area contributed by atoms with E-state index in [9.17, 15) is 18.0 Å². The molecule has 0 radical (unpaired) electrons. The normalized spacial score (nSPS) is 17.3. The maximum atomic E-state index is 13.2. The Morgan fingerprint density at radius 2 is 1.96 bits per heavy atom. The van der Waals surface area contributed by atoms with E-state index in [0.29, 0.717) is 6.42 Å². The summed E-state index contributed by atoms with van der Waals surface area (Å²) in [5, 5.41) is 3.95. The van der Waals surface area contributed by atoms with Crippen molar-refractivity contribution in [3.05, 3.63) is 53.5 Å². The van der Waals surface area contributed by atoms with Crippen molar-refractivity contribution in [2.75, 3.05) is 4.90 Å². The fourth-order valence-electron chi connectivity index (χ4n) is 3.16. The standard InChI is InChI=1S/C16H13F3N6O/c17-16(18,19)12-6-13(25-15(23-12)21-8-22-25)24-7-10-4-2-1-3-9(10)5-11(24)14(20)26/h1-4,6,8,11H,5,7H2,(H2,20,26)/t11-/m0/s1. The molecule has 10 heteroatoms. The smallest absolute Gasteiger partial charge is 0.368 e. The van der Waals surface area contributed by atoms with E-state index >= 15 is 0 Å². The highest BCUT2D eigenvalue weighted by atomic mass is 19.4. The highest BCUT2D eigenvalue weighted by molar-refractivity contribution is 5.84. The minimum atomic E-state index is -4.65. The zero-order valence-electron chi connectivity index (χ0n) is 13.3. The van der Waals surface area contributed by atoms with Gasteiger partial charge < -0.3 is 10.6 Å². The Balaban J connectivity index is 1.90. The molecule has 26 heavy (non-hydrogen) atoms. The van der Waals surface area contributed by atoms with Crippen LogP contribution in [0.25, 0.3) is 5.78 Å². The van der Waals surface area contributed by atoms with Crippen LogP contribution in [-0.4, -0.2) is 31.5 Å². The van der Waals surface area contributed by atoms with Crippen LogP contribution in [0.5, 0.6) is 0 Å². The lowest BCUT2D eigenvalue weighted by Crippen LogP contribution is -2.49. The molecule has 2 N–H and O–H groups in total. The number of amides is 1. The highest BCUT2D eigenvalue weighted by Crippen LogP contribution is 2.33. The van der Waals surface area contributed by atoms with Crippen LogP contribution in [-0.2, 0) is 23.9 Å². The predicted octanol–water partition coefficient (Wildman–Crippen LogP) is 1.56. The number of benzene rings is 1. The molecule has 1 aromatic carbocycles. The van der Waals surface area contributed by atoms with Crippen molar-refractivity contribution in [3.63, 3.8) is 0 Å². The summed E-state index contributed by atoms with van der Waals surface area (Å²) in [5.74, 6) is -0.756. The summed E-state index contributed by atoms with van der Waals surface area (Å²) in [5.41, 5.74) is 6.27. The molecule has 4 rings (SSSR count). The quantitative estimate of drug-likeness (QED) is 0.747. The molecule has 0 saturated carbocycles. The zero-order chi connectivity index (χ0) is 18.5. The van der Waals surface area contributed by atoms with Gasteiger partial charge >= 0.3 is 6.18 Å². The summed E-state index contributed by atoms with van der Waals surface area (Å²) in [6.45, 7) is 0.222. The molecule has 0 unspecified atom stereocenters. The first-order chi connectivity index (χ1) is 12.3. The van der Waals surface area contributed by atoms with Gasteiger partial charge in [-0.25, -0.2) is 4.98 Å². The van der Waals surface area contributed by atoms with Gasteiger partial charge in [-0.1, -0.05) is 24.3 Å². The fraction of sp³-hybridized carbons (Fsp3) is 0.250. The molecule has 1 amide bonds. The largest absolute Gasteiger partial charge is 0.433 e. The number of rotatable bonds is 2. The maximum Gasteiger partial charge on any atom is 0.433 e. The number of alkyl halides is 3. The van der Waals surface area contributed by atoms with Gasteiger partial charge in [0.05, 0.1) is 0 Å². The van der Waals surface area contributed by atoms with Gasteiger partial charge in [0.1, 0.15) is 18.2 Å². The molecule has 134 valence electrons. The van der Waals surface area contributed by atoms with Gasteiger partial charge in [-0.3, -0.25) is 4.79 Å². The fourth-order valence-corrected chi connectivity index (χ4v) is 3.16. The van der Waals surface area contributed by atoms with Crippen LogP contribution in [0.4, 0.5) is 19.0 Å². The number of halogens is 3. The number of carbonyl (C=O) groups is 1.